The Morgan fingerprint density at radius 2 is 1.62 bits per heavy atom. The van der Waals surface area contributed by atoms with Gasteiger partial charge in [-0.2, -0.15) is 0 Å². The van der Waals surface area contributed by atoms with E-state index in [-0.39, 0.29) is 11.9 Å². The average molecular weight is 406 g/mol. The maximum Gasteiger partial charge on any atom is 0.410 e. The van der Waals surface area contributed by atoms with Gasteiger partial charge in [0.15, 0.2) is 0 Å². The molecule has 2 aliphatic rings. The number of anilines is 2. The lowest BCUT2D eigenvalue weighted by atomic mass is 9.85. The van der Waals surface area contributed by atoms with E-state index in [4.69, 9.17) is 10.5 Å². The molecule has 162 valence electrons. The first kappa shape index (κ1) is 21.7. The molecule has 0 unspecified atom stereocenters. The van der Waals surface area contributed by atoms with E-state index in [1.165, 1.54) is 18.9 Å². The van der Waals surface area contributed by atoms with Crippen LogP contribution in [0.5, 0.6) is 0 Å². The van der Waals surface area contributed by atoms with E-state index in [2.05, 4.69) is 4.90 Å². The van der Waals surface area contributed by atoms with Gasteiger partial charge in [-0.25, -0.2) is 9.18 Å². The summed E-state index contributed by atoms with van der Waals surface area (Å²) >= 11 is 0. The van der Waals surface area contributed by atoms with E-state index >= 15 is 0 Å². The Labute approximate surface area is 174 Å². The highest BCUT2D eigenvalue weighted by molar-refractivity contribution is 5.68. The number of hydrogen-bond acceptors (Lipinski definition) is 4. The number of nitrogen functional groups attached to an aromatic ring is 1. The summed E-state index contributed by atoms with van der Waals surface area (Å²) in [7, 11) is 0. The number of nitrogens with zero attached hydrogens (tertiary/aromatic N) is 2. The van der Waals surface area contributed by atoms with E-state index < -0.39 is 5.60 Å². The largest absolute Gasteiger partial charge is 0.444 e. The van der Waals surface area contributed by atoms with E-state index in [0.29, 0.717) is 23.2 Å². The van der Waals surface area contributed by atoms with Crippen LogP contribution in [-0.4, -0.2) is 42.8 Å². The Balaban J connectivity index is 1.36. The molecule has 3 rings (SSSR count). The lowest BCUT2D eigenvalue weighted by Crippen LogP contribution is -2.41. The second-order valence-corrected chi connectivity index (χ2v) is 9.63. The second-order valence-electron chi connectivity index (χ2n) is 9.63. The number of carbonyl (C=O) groups excluding carboxylic acids is 1. The Bertz CT molecular complexity index is 688. The van der Waals surface area contributed by atoms with Gasteiger partial charge in [-0.1, -0.05) is 12.8 Å². The van der Waals surface area contributed by atoms with E-state index in [1.54, 1.807) is 12.1 Å². The van der Waals surface area contributed by atoms with Crippen molar-refractivity contribution >= 4 is 17.5 Å². The smallest absolute Gasteiger partial charge is 0.410 e. The normalized spacial score (nSPS) is 19.4. The molecule has 5 nitrogen and oxygen atoms in total. The third kappa shape index (κ3) is 6.25. The molecule has 0 saturated carbocycles. The van der Waals surface area contributed by atoms with Gasteiger partial charge in [0.05, 0.1) is 5.69 Å². The van der Waals surface area contributed by atoms with Crippen LogP contribution < -0.4 is 10.6 Å². The number of piperidine rings is 2. The van der Waals surface area contributed by atoms with Crippen molar-refractivity contribution in [1.82, 2.24) is 4.90 Å². The van der Waals surface area contributed by atoms with Gasteiger partial charge in [0.2, 0.25) is 0 Å². The maximum atomic E-state index is 14.1. The molecule has 0 aliphatic carbocycles. The average Bonchev–Trinajstić information content (AvgIpc) is 2.66. The summed E-state index contributed by atoms with van der Waals surface area (Å²) in [5.41, 5.74) is 6.37. The minimum atomic E-state index is -0.432. The molecule has 0 radical (unpaired) electrons. The third-order valence-electron chi connectivity index (χ3n) is 6.18. The molecule has 0 aromatic heterocycles. The summed E-state index contributed by atoms with van der Waals surface area (Å²) in [5, 5.41) is 0. The molecule has 2 fully saturated rings. The SMILES string of the molecule is CC(C)(C)OC(=O)N1CCC(CCC2CCN(c3ccc(N)cc3F)CC2)CC1. The molecule has 29 heavy (non-hydrogen) atoms. The topological polar surface area (TPSA) is 58.8 Å². The minimum Gasteiger partial charge on any atom is -0.444 e. The highest BCUT2D eigenvalue weighted by Gasteiger charge is 2.28. The summed E-state index contributed by atoms with van der Waals surface area (Å²) in [6.45, 7) is 9.13. The number of rotatable bonds is 4. The summed E-state index contributed by atoms with van der Waals surface area (Å²) in [5.74, 6) is 1.19. The van der Waals surface area contributed by atoms with Gasteiger partial charge >= 0.3 is 6.09 Å². The van der Waals surface area contributed by atoms with Crippen LogP contribution in [-0.2, 0) is 4.74 Å². The molecule has 2 saturated heterocycles. The second kappa shape index (κ2) is 9.23. The molecule has 2 aliphatic heterocycles. The highest BCUT2D eigenvalue weighted by Crippen LogP contribution is 2.31. The first-order valence-corrected chi connectivity index (χ1v) is 11.0. The van der Waals surface area contributed by atoms with Gasteiger partial charge < -0.3 is 20.3 Å². The number of hydrogen-bond donors (Lipinski definition) is 1. The van der Waals surface area contributed by atoms with Gasteiger partial charge in [-0.3, -0.25) is 0 Å². The van der Waals surface area contributed by atoms with E-state index in [1.807, 2.05) is 25.7 Å². The van der Waals surface area contributed by atoms with Gasteiger partial charge in [0.25, 0.3) is 0 Å². The van der Waals surface area contributed by atoms with Crippen molar-refractivity contribution in [3.05, 3.63) is 24.0 Å². The zero-order valence-electron chi connectivity index (χ0n) is 18.1. The Morgan fingerprint density at radius 1 is 1.07 bits per heavy atom. The van der Waals surface area contributed by atoms with Crippen LogP contribution in [0.2, 0.25) is 0 Å². The van der Waals surface area contributed by atoms with Crippen LogP contribution in [0, 0.1) is 17.7 Å². The van der Waals surface area contributed by atoms with Crippen molar-refractivity contribution in [2.45, 2.75) is 64.9 Å². The molecule has 0 atom stereocenters. The van der Waals surface area contributed by atoms with Crippen molar-refractivity contribution in [3.63, 3.8) is 0 Å². The van der Waals surface area contributed by atoms with Crippen LogP contribution in [0.15, 0.2) is 18.2 Å². The molecule has 6 heteroatoms. The van der Waals surface area contributed by atoms with E-state index in [0.717, 1.165) is 51.9 Å². The zero-order chi connectivity index (χ0) is 21.0. The fraction of sp³-hybridized carbons (Fsp3) is 0.696. The van der Waals surface area contributed by atoms with Crippen LogP contribution in [0.4, 0.5) is 20.6 Å². The number of nitrogens with two attached hydrogens (primary N) is 1. The van der Waals surface area contributed by atoms with Gasteiger partial charge in [0.1, 0.15) is 11.4 Å². The summed E-state index contributed by atoms with van der Waals surface area (Å²) in [4.78, 5) is 16.2. The number of benzene rings is 1. The van der Waals surface area contributed by atoms with Crippen LogP contribution in [0.1, 0.15) is 59.3 Å². The third-order valence-corrected chi connectivity index (χ3v) is 6.18. The van der Waals surface area contributed by atoms with Crippen LogP contribution in [0.25, 0.3) is 0 Å². The van der Waals surface area contributed by atoms with Crippen LogP contribution >= 0.6 is 0 Å². The molecule has 2 N–H and O–H groups in total. The monoisotopic (exact) mass is 405 g/mol. The van der Waals surface area contributed by atoms with Crippen molar-refractivity contribution in [1.29, 1.82) is 0 Å². The Hall–Kier alpha value is -1.98. The predicted molar refractivity (Wildman–Crippen MR) is 116 cm³/mol. The molecule has 2 heterocycles. The van der Waals surface area contributed by atoms with Crippen molar-refractivity contribution < 1.29 is 13.9 Å². The number of carbonyl (C=O) groups is 1. The fourth-order valence-electron chi connectivity index (χ4n) is 4.44. The molecular formula is C23H36FN3O2. The van der Waals surface area contributed by atoms with E-state index in [9.17, 15) is 9.18 Å². The minimum absolute atomic E-state index is 0.182. The Kier molecular flexibility index (Phi) is 6.91. The van der Waals surface area contributed by atoms with Gasteiger partial charge in [0, 0.05) is 31.9 Å². The zero-order valence-corrected chi connectivity index (χ0v) is 18.1. The number of halogens is 1. The Morgan fingerprint density at radius 3 is 2.14 bits per heavy atom. The van der Waals surface area contributed by atoms with Gasteiger partial charge in [-0.05, 0) is 76.5 Å². The van der Waals surface area contributed by atoms with Gasteiger partial charge in [-0.15, -0.1) is 0 Å². The number of ether oxygens (including phenoxy) is 1. The number of amides is 1. The first-order chi connectivity index (χ1) is 13.7. The first-order valence-electron chi connectivity index (χ1n) is 11.0. The molecule has 0 bridgehead atoms. The molecular weight excluding hydrogens is 369 g/mol. The summed E-state index contributed by atoms with van der Waals surface area (Å²) < 4.78 is 19.6. The summed E-state index contributed by atoms with van der Waals surface area (Å²) in [6.07, 6.45) is 6.63. The highest BCUT2D eigenvalue weighted by atomic mass is 19.1. The fourth-order valence-corrected chi connectivity index (χ4v) is 4.44. The van der Waals surface area contributed by atoms with Crippen molar-refractivity contribution in [2.75, 3.05) is 36.8 Å². The van der Waals surface area contributed by atoms with Crippen LogP contribution in [0.3, 0.4) is 0 Å². The predicted octanol–water partition coefficient (Wildman–Crippen LogP) is 5.05. The quantitative estimate of drug-likeness (QED) is 0.712. The molecule has 1 aromatic carbocycles. The lowest BCUT2D eigenvalue weighted by molar-refractivity contribution is 0.0178. The maximum absolute atomic E-state index is 14.1. The molecule has 1 amide bonds. The molecule has 0 spiro atoms. The van der Waals surface area contributed by atoms with Crippen molar-refractivity contribution in [2.24, 2.45) is 11.8 Å². The summed E-state index contributed by atoms with van der Waals surface area (Å²) in [6, 6.07) is 4.97. The molecule has 1 aromatic rings. The standard InChI is InChI=1S/C23H36FN3O2/c1-23(2,3)29-22(28)27-14-10-18(11-15-27)5-4-17-8-12-26(13-9-17)21-7-6-19(25)16-20(21)24/h6-7,16-18H,4-5,8-15,25H2,1-3H3. The number of likely N-dealkylation sites (tertiary alicyclic amines) is 1. The van der Waals surface area contributed by atoms with Crippen molar-refractivity contribution in [3.8, 4) is 0 Å². The lowest BCUT2D eigenvalue weighted by Gasteiger charge is -2.36.